The van der Waals surface area contributed by atoms with Gasteiger partial charge in [0, 0.05) is 0 Å². The van der Waals surface area contributed by atoms with Gasteiger partial charge in [0.15, 0.2) is 0 Å². The van der Waals surface area contributed by atoms with Gasteiger partial charge >= 0.3 is 5.97 Å². The first-order valence-corrected chi connectivity index (χ1v) is 5.86. The van der Waals surface area contributed by atoms with Crippen LogP contribution in [0.5, 0.6) is 0 Å². The van der Waals surface area contributed by atoms with Crippen LogP contribution in [0.4, 0.5) is 0 Å². The van der Waals surface area contributed by atoms with Gasteiger partial charge in [0.25, 0.3) is 0 Å². The molecule has 1 rings (SSSR count). The van der Waals surface area contributed by atoms with Crippen LogP contribution in [0.3, 0.4) is 0 Å². The molecule has 1 unspecified atom stereocenters. The first-order valence-electron chi connectivity index (χ1n) is 4.94. The summed E-state index contributed by atoms with van der Waals surface area (Å²) in [6, 6.07) is 5.98. The topological polar surface area (TPSA) is 26.3 Å². The zero-order valence-corrected chi connectivity index (χ0v) is 10.8. The molecule has 0 aliphatic heterocycles. The number of benzene rings is 1. The molecule has 1 aromatic carbocycles. The van der Waals surface area contributed by atoms with E-state index in [0.717, 1.165) is 16.7 Å². The van der Waals surface area contributed by atoms with E-state index in [0.29, 0.717) is 6.61 Å². The van der Waals surface area contributed by atoms with Crippen LogP contribution in [-0.2, 0) is 9.53 Å². The van der Waals surface area contributed by atoms with Crippen LogP contribution in [0.15, 0.2) is 18.2 Å². The molecule has 15 heavy (non-hydrogen) atoms. The van der Waals surface area contributed by atoms with Crippen molar-refractivity contribution in [1.82, 2.24) is 0 Å². The molecule has 3 heteroatoms. The standard InChI is InChI=1S/C12H15BrO2/c1-4-15-12(14)11(13)10-8(2)6-5-7-9(10)3/h5-7,11H,4H2,1-3H3. The summed E-state index contributed by atoms with van der Waals surface area (Å²) in [5, 5.41) is 0. The van der Waals surface area contributed by atoms with Crippen LogP contribution in [-0.4, -0.2) is 12.6 Å². The SMILES string of the molecule is CCOC(=O)C(Br)c1c(C)cccc1C. The fraction of sp³-hybridized carbons (Fsp3) is 0.417. The van der Waals surface area contributed by atoms with E-state index in [9.17, 15) is 4.79 Å². The smallest absolute Gasteiger partial charge is 0.324 e. The third kappa shape index (κ3) is 2.81. The summed E-state index contributed by atoms with van der Waals surface area (Å²) in [6.07, 6.45) is 0. The zero-order valence-electron chi connectivity index (χ0n) is 9.21. The minimum absolute atomic E-state index is 0.227. The van der Waals surface area contributed by atoms with Crippen LogP contribution in [0, 0.1) is 13.8 Å². The highest BCUT2D eigenvalue weighted by molar-refractivity contribution is 9.09. The van der Waals surface area contributed by atoms with Gasteiger partial charge in [-0.05, 0) is 37.5 Å². The van der Waals surface area contributed by atoms with Crippen molar-refractivity contribution in [2.75, 3.05) is 6.61 Å². The Bertz CT molecular complexity index is 340. The first-order chi connectivity index (χ1) is 7.07. The van der Waals surface area contributed by atoms with Gasteiger partial charge in [0.1, 0.15) is 4.83 Å². The van der Waals surface area contributed by atoms with E-state index in [-0.39, 0.29) is 10.8 Å². The molecule has 0 heterocycles. The van der Waals surface area contributed by atoms with Gasteiger partial charge in [-0.2, -0.15) is 0 Å². The zero-order chi connectivity index (χ0) is 11.4. The van der Waals surface area contributed by atoms with Crippen molar-refractivity contribution in [2.24, 2.45) is 0 Å². The van der Waals surface area contributed by atoms with Crippen LogP contribution < -0.4 is 0 Å². The summed E-state index contributed by atoms with van der Waals surface area (Å²) < 4.78 is 4.98. The molecule has 1 aromatic rings. The van der Waals surface area contributed by atoms with Crippen LogP contribution in [0.2, 0.25) is 0 Å². The van der Waals surface area contributed by atoms with E-state index < -0.39 is 0 Å². The van der Waals surface area contributed by atoms with Crippen LogP contribution in [0.1, 0.15) is 28.4 Å². The minimum atomic E-state index is -0.362. The number of halogens is 1. The number of carbonyl (C=O) groups excluding carboxylic acids is 1. The third-order valence-corrected chi connectivity index (χ3v) is 3.12. The van der Waals surface area contributed by atoms with Crippen LogP contribution >= 0.6 is 15.9 Å². The van der Waals surface area contributed by atoms with Crippen molar-refractivity contribution < 1.29 is 9.53 Å². The second-order valence-electron chi connectivity index (χ2n) is 3.42. The second-order valence-corrected chi connectivity index (χ2v) is 4.34. The van der Waals surface area contributed by atoms with Gasteiger partial charge < -0.3 is 4.74 Å². The lowest BCUT2D eigenvalue weighted by Gasteiger charge is -2.14. The number of rotatable bonds is 3. The monoisotopic (exact) mass is 270 g/mol. The Balaban J connectivity index is 3.00. The van der Waals surface area contributed by atoms with Crippen molar-refractivity contribution in [3.63, 3.8) is 0 Å². The van der Waals surface area contributed by atoms with E-state index in [4.69, 9.17) is 4.74 Å². The molecule has 0 spiro atoms. The first kappa shape index (κ1) is 12.2. The number of aryl methyl sites for hydroxylation is 2. The fourth-order valence-electron chi connectivity index (χ4n) is 1.56. The Morgan fingerprint density at radius 2 is 1.93 bits per heavy atom. The summed E-state index contributed by atoms with van der Waals surface area (Å²) in [4.78, 5) is 11.2. The van der Waals surface area contributed by atoms with Crippen molar-refractivity contribution in [3.8, 4) is 0 Å². The fourth-order valence-corrected chi connectivity index (χ4v) is 2.41. The molecule has 0 N–H and O–H groups in total. The maximum absolute atomic E-state index is 11.6. The molecular weight excluding hydrogens is 256 g/mol. The Labute approximate surface area is 98.8 Å². The molecule has 0 amide bonds. The number of hydrogen-bond donors (Lipinski definition) is 0. The van der Waals surface area contributed by atoms with Gasteiger partial charge in [-0.25, -0.2) is 0 Å². The lowest BCUT2D eigenvalue weighted by molar-refractivity contribution is -0.142. The van der Waals surface area contributed by atoms with Crippen LogP contribution in [0.25, 0.3) is 0 Å². The van der Waals surface area contributed by atoms with Crippen molar-refractivity contribution in [3.05, 3.63) is 34.9 Å². The highest BCUT2D eigenvalue weighted by Gasteiger charge is 2.21. The molecule has 0 saturated heterocycles. The molecule has 82 valence electrons. The van der Waals surface area contributed by atoms with Crippen molar-refractivity contribution in [1.29, 1.82) is 0 Å². The van der Waals surface area contributed by atoms with E-state index in [2.05, 4.69) is 15.9 Å². The Morgan fingerprint density at radius 3 is 2.40 bits per heavy atom. The summed E-state index contributed by atoms with van der Waals surface area (Å²) in [5.41, 5.74) is 3.21. The summed E-state index contributed by atoms with van der Waals surface area (Å²) in [6.45, 7) is 6.21. The largest absolute Gasteiger partial charge is 0.465 e. The molecule has 0 aromatic heterocycles. The lowest BCUT2D eigenvalue weighted by Crippen LogP contribution is -2.12. The van der Waals surface area contributed by atoms with E-state index in [1.54, 1.807) is 0 Å². The van der Waals surface area contributed by atoms with E-state index >= 15 is 0 Å². The molecular formula is C12H15BrO2. The highest BCUT2D eigenvalue weighted by Crippen LogP contribution is 2.29. The predicted molar refractivity (Wildman–Crippen MR) is 64.2 cm³/mol. The maximum atomic E-state index is 11.6. The van der Waals surface area contributed by atoms with E-state index in [1.165, 1.54) is 0 Å². The molecule has 0 fully saturated rings. The number of hydrogen-bond acceptors (Lipinski definition) is 2. The molecule has 0 aliphatic carbocycles. The molecule has 1 atom stereocenters. The molecule has 0 radical (unpaired) electrons. The van der Waals surface area contributed by atoms with Gasteiger partial charge in [-0.1, -0.05) is 34.1 Å². The predicted octanol–water partition coefficient (Wildman–Crippen LogP) is 3.30. The van der Waals surface area contributed by atoms with Crippen molar-refractivity contribution >= 4 is 21.9 Å². The summed E-state index contributed by atoms with van der Waals surface area (Å²) >= 11 is 3.38. The Kier molecular flexibility index (Phi) is 4.33. The molecule has 2 nitrogen and oxygen atoms in total. The average molecular weight is 271 g/mol. The molecule has 0 saturated carbocycles. The number of alkyl halides is 1. The second kappa shape index (κ2) is 5.31. The number of carbonyl (C=O) groups is 1. The van der Waals surface area contributed by atoms with E-state index in [1.807, 2.05) is 39.0 Å². The Morgan fingerprint density at radius 1 is 1.40 bits per heavy atom. The highest BCUT2D eigenvalue weighted by atomic mass is 79.9. The average Bonchev–Trinajstić information content (AvgIpc) is 2.17. The number of esters is 1. The van der Waals surface area contributed by atoms with Gasteiger partial charge in [-0.15, -0.1) is 0 Å². The van der Waals surface area contributed by atoms with Gasteiger partial charge in [-0.3, -0.25) is 4.79 Å². The number of ether oxygens (including phenoxy) is 1. The lowest BCUT2D eigenvalue weighted by atomic mass is 10.0. The molecule has 0 bridgehead atoms. The molecule has 0 aliphatic rings. The van der Waals surface area contributed by atoms with Crippen molar-refractivity contribution in [2.45, 2.75) is 25.6 Å². The van der Waals surface area contributed by atoms with Gasteiger partial charge in [0.05, 0.1) is 6.61 Å². The minimum Gasteiger partial charge on any atom is -0.465 e. The maximum Gasteiger partial charge on any atom is 0.324 e. The quantitative estimate of drug-likeness (QED) is 0.622. The van der Waals surface area contributed by atoms with Gasteiger partial charge in [0.2, 0.25) is 0 Å². The summed E-state index contributed by atoms with van der Waals surface area (Å²) in [7, 11) is 0. The normalized spacial score (nSPS) is 12.3. The Hall–Kier alpha value is -0.830. The summed E-state index contributed by atoms with van der Waals surface area (Å²) in [5.74, 6) is -0.227. The third-order valence-electron chi connectivity index (χ3n) is 2.29.